The Morgan fingerprint density at radius 1 is 1.14 bits per heavy atom. The fraction of sp³-hybridized carbons (Fsp3) is 0.684. The Bertz CT molecular complexity index is 337. The van der Waals surface area contributed by atoms with Crippen LogP contribution in [0, 0.1) is 0 Å². The summed E-state index contributed by atoms with van der Waals surface area (Å²) in [7, 11) is 2.13. The van der Waals surface area contributed by atoms with Crippen LogP contribution in [-0.2, 0) is 0 Å². The van der Waals surface area contributed by atoms with E-state index >= 15 is 0 Å². The van der Waals surface area contributed by atoms with Gasteiger partial charge in [0.25, 0.3) is 0 Å². The van der Waals surface area contributed by atoms with Crippen molar-refractivity contribution in [3.8, 4) is 0 Å². The molecule has 0 spiro atoms. The third-order valence-electron chi connectivity index (χ3n) is 3.14. The van der Waals surface area contributed by atoms with Crippen LogP contribution in [0.4, 0.5) is 4.39 Å². The third-order valence-corrected chi connectivity index (χ3v) is 3.14. The van der Waals surface area contributed by atoms with Gasteiger partial charge < -0.3 is 10.2 Å². The van der Waals surface area contributed by atoms with Crippen molar-refractivity contribution in [2.75, 3.05) is 26.7 Å². The van der Waals surface area contributed by atoms with Crippen molar-refractivity contribution in [1.82, 2.24) is 10.2 Å². The molecule has 0 bridgehead atoms. The molecular formula is C19H37FN2. The van der Waals surface area contributed by atoms with Gasteiger partial charge in [0.1, 0.15) is 5.83 Å². The number of nitrogens with zero attached hydrogens (tertiary/aromatic N) is 1. The number of allylic oxidation sites excluding steroid dienone is 4. The van der Waals surface area contributed by atoms with E-state index in [1.165, 1.54) is 0 Å². The Kier molecular flexibility index (Phi) is 15.9. The third kappa shape index (κ3) is 12.8. The first-order valence-electron chi connectivity index (χ1n) is 8.59. The van der Waals surface area contributed by atoms with Gasteiger partial charge in [-0.2, -0.15) is 0 Å². The van der Waals surface area contributed by atoms with Gasteiger partial charge in [0.05, 0.1) is 0 Å². The number of halogens is 1. The van der Waals surface area contributed by atoms with Gasteiger partial charge in [-0.3, -0.25) is 0 Å². The molecule has 130 valence electrons. The zero-order valence-corrected chi connectivity index (χ0v) is 15.8. The van der Waals surface area contributed by atoms with Crippen LogP contribution in [0.15, 0.2) is 35.7 Å². The van der Waals surface area contributed by atoms with Crippen LogP contribution < -0.4 is 5.32 Å². The largest absolute Gasteiger partial charge is 0.308 e. The van der Waals surface area contributed by atoms with Gasteiger partial charge in [0.15, 0.2) is 0 Å². The minimum Gasteiger partial charge on any atom is -0.308 e. The molecule has 1 aliphatic heterocycles. The summed E-state index contributed by atoms with van der Waals surface area (Å²) in [4.78, 5) is 2.31. The van der Waals surface area contributed by atoms with E-state index in [1.54, 1.807) is 6.08 Å². The van der Waals surface area contributed by atoms with Crippen LogP contribution in [0.2, 0.25) is 0 Å². The van der Waals surface area contributed by atoms with Crippen molar-refractivity contribution in [3.63, 3.8) is 0 Å². The number of hydrogen-bond acceptors (Lipinski definition) is 2. The zero-order chi connectivity index (χ0) is 17.5. The summed E-state index contributed by atoms with van der Waals surface area (Å²) in [5.74, 6) is -0.107. The summed E-state index contributed by atoms with van der Waals surface area (Å²) in [6, 6.07) is 0.450. The van der Waals surface area contributed by atoms with E-state index in [9.17, 15) is 4.39 Å². The van der Waals surface area contributed by atoms with Crippen LogP contribution in [-0.4, -0.2) is 37.6 Å². The Hall–Kier alpha value is -0.930. The van der Waals surface area contributed by atoms with Gasteiger partial charge in [0.2, 0.25) is 0 Å². The number of nitrogens with one attached hydrogen (secondary N) is 1. The monoisotopic (exact) mass is 312 g/mol. The molecule has 0 amide bonds. The van der Waals surface area contributed by atoms with Gasteiger partial charge in [-0.25, -0.2) is 4.39 Å². The molecule has 1 fully saturated rings. The molecule has 3 heteroatoms. The lowest BCUT2D eigenvalue weighted by Crippen LogP contribution is -2.41. The molecule has 0 saturated carbocycles. The van der Waals surface area contributed by atoms with Crippen molar-refractivity contribution < 1.29 is 4.39 Å². The Morgan fingerprint density at radius 2 is 1.64 bits per heavy atom. The highest BCUT2D eigenvalue weighted by Gasteiger charge is 2.15. The maximum atomic E-state index is 13.7. The lowest BCUT2D eigenvalue weighted by atomic mass is 10.1. The molecular weight excluding hydrogens is 275 g/mol. The number of likely N-dealkylation sites (tertiary alicyclic amines) is 1. The van der Waals surface area contributed by atoms with Crippen molar-refractivity contribution in [3.05, 3.63) is 35.7 Å². The van der Waals surface area contributed by atoms with Gasteiger partial charge in [-0.1, -0.05) is 45.9 Å². The fourth-order valence-electron chi connectivity index (χ4n) is 2.18. The molecule has 22 heavy (non-hydrogen) atoms. The highest BCUT2D eigenvalue weighted by molar-refractivity contribution is 5.27. The lowest BCUT2D eigenvalue weighted by molar-refractivity contribution is 0.235. The first-order chi connectivity index (χ1) is 10.5. The van der Waals surface area contributed by atoms with Gasteiger partial charge >= 0.3 is 0 Å². The average Bonchev–Trinajstić information content (AvgIpc) is 2.50. The van der Waals surface area contributed by atoms with Crippen LogP contribution in [0.5, 0.6) is 0 Å². The quantitative estimate of drug-likeness (QED) is 0.711. The second-order valence-corrected chi connectivity index (χ2v) is 5.28. The minimum absolute atomic E-state index is 0.107. The van der Waals surface area contributed by atoms with E-state index in [1.807, 2.05) is 47.6 Å². The topological polar surface area (TPSA) is 15.3 Å². The van der Waals surface area contributed by atoms with Gasteiger partial charge in [-0.05, 0) is 58.5 Å². The second kappa shape index (κ2) is 15.0. The highest BCUT2D eigenvalue weighted by atomic mass is 19.1. The molecule has 0 radical (unpaired) electrons. The van der Waals surface area contributed by atoms with E-state index in [2.05, 4.69) is 23.8 Å². The Balaban J connectivity index is 0. The lowest BCUT2D eigenvalue weighted by Gasteiger charge is -2.29. The predicted octanol–water partition coefficient (Wildman–Crippen LogP) is 5.10. The Morgan fingerprint density at radius 3 is 2.09 bits per heavy atom. The minimum atomic E-state index is -0.107. The number of hydrogen-bond donors (Lipinski definition) is 1. The molecule has 0 atom stereocenters. The normalized spacial score (nSPS) is 17.1. The van der Waals surface area contributed by atoms with E-state index < -0.39 is 0 Å². The molecule has 2 nitrogen and oxygen atoms in total. The van der Waals surface area contributed by atoms with E-state index in [0.717, 1.165) is 37.1 Å². The summed E-state index contributed by atoms with van der Waals surface area (Å²) < 4.78 is 13.7. The summed E-state index contributed by atoms with van der Waals surface area (Å²) in [6.45, 7) is 18.1. The smallest absolute Gasteiger partial charge is 0.114 e. The van der Waals surface area contributed by atoms with Crippen LogP contribution in [0.1, 0.15) is 54.4 Å². The molecule has 1 aliphatic rings. The summed E-state index contributed by atoms with van der Waals surface area (Å²) in [5.41, 5.74) is 1.85. The van der Waals surface area contributed by atoms with E-state index in [-0.39, 0.29) is 5.83 Å². The summed E-state index contributed by atoms with van der Waals surface area (Å²) >= 11 is 0. The molecule has 0 aromatic carbocycles. The van der Waals surface area contributed by atoms with Crippen LogP contribution >= 0.6 is 0 Å². The van der Waals surface area contributed by atoms with Crippen LogP contribution in [0.3, 0.4) is 0 Å². The fourth-order valence-corrected chi connectivity index (χ4v) is 2.18. The van der Waals surface area contributed by atoms with Gasteiger partial charge in [0, 0.05) is 12.6 Å². The number of piperidine rings is 1. The second-order valence-electron chi connectivity index (χ2n) is 5.28. The summed E-state index contributed by atoms with van der Waals surface area (Å²) in [6.07, 6.45) is 5.67. The first kappa shape index (κ1) is 23.3. The molecule has 0 aliphatic carbocycles. The van der Waals surface area contributed by atoms with E-state index in [0.29, 0.717) is 12.6 Å². The number of rotatable bonds is 5. The van der Waals surface area contributed by atoms with Gasteiger partial charge in [-0.15, -0.1) is 0 Å². The molecule has 1 heterocycles. The molecule has 0 unspecified atom stereocenters. The average molecular weight is 313 g/mol. The van der Waals surface area contributed by atoms with Crippen molar-refractivity contribution in [2.45, 2.75) is 60.4 Å². The Labute approximate surface area is 138 Å². The molecule has 1 saturated heterocycles. The van der Waals surface area contributed by atoms with E-state index in [4.69, 9.17) is 0 Å². The van der Waals surface area contributed by atoms with Crippen molar-refractivity contribution in [2.24, 2.45) is 0 Å². The van der Waals surface area contributed by atoms with Crippen molar-refractivity contribution >= 4 is 0 Å². The van der Waals surface area contributed by atoms with Crippen molar-refractivity contribution in [1.29, 1.82) is 0 Å². The zero-order valence-electron chi connectivity index (χ0n) is 15.8. The molecule has 1 N–H and O–H groups in total. The molecule has 0 aromatic rings. The SMILES string of the molecule is C=C(C)/C=C(C)\C=C(\F)CNC1CCN(C)CC1.CC.CC. The molecule has 1 rings (SSSR count). The van der Waals surface area contributed by atoms with Crippen LogP contribution in [0.25, 0.3) is 0 Å². The maximum Gasteiger partial charge on any atom is 0.114 e. The molecule has 0 aromatic heterocycles. The summed E-state index contributed by atoms with van der Waals surface area (Å²) in [5, 5.41) is 3.28. The standard InChI is InChI=1S/C15H25FN2.2C2H6/c1-12(2)9-13(3)10-14(16)11-17-15-5-7-18(4)8-6-15;2*1-2/h9-10,15,17H,1,5-8,11H2,2-4H3;2*1-2H3/b13-9-,14-10+;;. The predicted molar refractivity (Wildman–Crippen MR) is 99.0 cm³/mol. The highest BCUT2D eigenvalue weighted by Crippen LogP contribution is 2.10. The first-order valence-corrected chi connectivity index (χ1v) is 8.59. The maximum absolute atomic E-state index is 13.7.